The molecule has 26 heavy (non-hydrogen) atoms. The van der Waals surface area contributed by atoms with Crippen molar-refractivity contribution < 1.29 is 0 Å². The molecule has 0 aromatic rings. The van der Waals surface area contributed by atoms with E-state index in [0.29, 0.717) is 15.1 Å². The van der Waals surface area contributed by atoms with Crippen LogP contribution in [0.1, 0.15) is 68.7 Å². The molecule has 1 aliphatic carbocycles. The Balaban J connectivity index is 3.85. The first-order chi connectivity index (χ1) is 11.1. The summed E-state index contributed by atoms with van der Waals surface area (Å²) in [4.78, 5) is 0. The molecule has 0 saturated heterocycles. The molecule has 0 aliphatic heterocycles. The molecule has 152 valence electrons. The molecule has 0 amide bonds. The molecule has 0 heterocycles. The van der Waals surface area contributed by atoms with Crippen LogP contribution < -0.4 is 0 Å². The maximum absolute atomic E-state index is 2.70. The minimum Gasteiger partial charge on any atom is -0.0817 e. The fourth-order valence-corrected chi connectivity index (χ4v) is 14.4. The maximum atomic E-state index is 2.70. The summed E-state index contributed by atoms with van der Waals surface area (Å²) >= 11 is 0. The Bertz CT molecular complexity index is 609. The topological polar surface area (TPSA) is 0 Å². The zero-order valence-electron chi connectivity index (χ0n) is 20.8. The summed E-state index contributed by atoms with van der Waals surface area (Å²) in [5, 5.41) is 6.83. The largest absolute Gasteiger partial charge is 0.0853 e. The van der Waals surface area contributed by atoms with Crippen molar-refractivity contribution in [2.75, 3.05) is 0 Å². The lowest BCUT2D eigenvalue weighted by Crippen LogP contribution is -2.50. The van der Waals surface area contributed by atoms with E-state index >= 15 is 0 Å². The molecule has 3 heteroatoms. The van der Waals surface area contributed by atoms with Crippen molar-refractivity contribution >= 4 is 24.2 Å². The van der Waals surface area contributed by atoms with E-state index < -0.39 is 24.2 Å². The summed E-state index contributed by atoms with van der Waals surface area (Å²) in [5.41, 5.74) is 0. The monoisotopic (exact) mass is 408 g/mol. The van der Waals surface area contributed by atoms with Gasteiger partial charge in [-0.1, -0.05) is 123 Å². The molecule has 0 aromatic carbocycles. The van der Waals surface area contributed by atoms with E-state index in [2.05, 4.69) is 108 Å². The molecule has 0 N–H and O–H groups in total. The lowest BCUT2D eigenvalue weighted by molar-refractivity contribution is 0.716. The van der Waals surface area contributed by atoms with E-state index in [1.54, 1.807) is 0 Å². The van der Waals surface area contributed by atoms with Gasteiger partial charge >= 0.3 is 0 Å². The van der Waals surface area contributed by atoms with E-state index in [-0.39, 0.29) is 0 Å². The van der Waals surface area contributed by atoms with Gasteiger partial charge in [-0.25, -0.2) is 0 Å². The van der Waals surface area contributed by atoms with Crippen molar-refractivity contribution in [2.45, 2.75) is 123 Å². The molecule has 0 aromatic heterocycles. The summed E-state index contributed by atoms with van der Waals surface area (Å²) in [5.74, 6) is 0. The van der Waals surface area contributed by atoms with Crippen molar-refractivity contribution in [3.05, 3.63) is 21.7 Å². The highest BCUT2D eigenvalue weighted by atomic mass is 28.3. The second-order valence-corrected chi connectivity index (χ2v) is 29.2. The molecule has 0 bridgehead atoms. The van der Waals surface area contributed by atoms with Crippen LogP contribution >= 0.6 is 0 Å². The minimum atomic E-state index is -1.59. The van der Waals surface area contributed by atoms with Gasteiger partial charge < -0.3 is 0 Å². The van der Waals surface area contributed by atoms with Crippen molar-refractivity contribution in [3.63, 3.8) is 0 Å². The van der Waals surface area contributed by atoms with Gasteiger partial charge in [0.15, 0.2) is 0 Å². The molecule has 0 unspecified atom stereocenters. The van der Waals surface area contributed by atoms with Gasteiger partial charge in [0.2, 0.25) is 0 Å². The van der Waals surface area contributed by atoms with Crippen molar-refractivity contribution in [3.8, 4) is 0 Å². The van der Waals surface area contributed by atoms with Gasteiger partial charge in [0, 0.05) is 0 Å². The zero-order valence-corrected chi connectivity index (χ0v) is 23.8. The van der Waals surface area contributed by atoms with Crippen LogP contribution in [0.2, 0.25) is 54.4 Å². The molecule has 0 radical (unpaired) electrons. The van der Waals surface area contributed by atoms with Crippen LogP contribution in [0, 0.1) is 0 Å². The summed E-state index contributed by atoms with van der Waals surface area (Å²) < 4.78 is 0. The summed E-state index contributed by atoms with van der Waals surface area (Å²) in [6, 6.07) is 0. The van der Waals surface area contributed by atoms with E-state index in [1.165, 1.54) is 6.42 Å². The standard InChI is InChI=1S/C23H48Si3/c1-21(2,3)24(10,11)18-16-17-19(25(12,13)22(4,5)6)20(18)26(14,15)23(7,8)9/h16H,17H2,1-15H3. The first kappa shape index (κ1) is 24.2. The van der Waals surface area contributed by atoms with Crippen LogP contribution in [0.4, 0.5) is 0 Å². The van der Waals surface area contributed by atoms with Crippen LogP contribution in [0.3, 0.4) is 0 Å². The Morgan fingerprint density at radius 1 is 0.577 bits per heavy atom. The minimum absolute atomic E-state index is 0.391. The van der Waals surface area contributed by atoms with E-state index in [1.807, 2.05) is 15.6 Å². The fraction of sp³-hybridized carbons (Fsp3) is 0.826. The second kappa shape index (κ2) is 6.59. The molecule has 0 atom stereocenters. The van der Waals surface area contributed by atoms with Crippen LogP contribution in [0.15, 0.2) is 21.7 Å². The lowest BCUT2D eigenvalue weighted by Gasteiger charge is -2.48. The zero-order chi connectivity index (χ0) is 21.1. The summed E-state index contributed by atoms with van der Waals surface area (Å²) in [6.45, 7) is 38.2. The van der Waals surface area contributed by atoms with Crippen LogP contribution in [0.5, 0.6) is 0 Å². The van der Waals surface area contributed by atoms with Crippen molar-refractivity contribution in [1.29, 1.82) is 0 Å². The molecular weight excluding hydrogens is 361 g/mol. The fourth-order valence-electron chi connectivity index (χ4n) is 3.65. The van der Waals surface area contributed by atoms with E-state index in [0.717, 1.165) is 0 Å². The van der Waals surface area contributed by atoms with E-state index in [4.69, 9.17) is 0 Å². The quantitative estimate of drug-likeness (QED) is 0.409. The average molecular weight is 409 g/mol. The molecule has 0 nitrogen and oxygen atoms in total. The van der Waals surface area contributed by atoms with Crippen LogP contribution in [-0.2, 0) is 0 Å². The third-order valence-electron chi connectivity index (χ3n) is 8.76. The van der Waals surface area contributed by atoms with Crippen molar-refractivity contribution in [2.24, 2.45) is 0 Å². The highest BCUT2D eigenvalue weighted by Crippen LogP contribution is 2.56. The first-order valence-corrected chi connectivity index (χ1v) is 19.6. The molecule has 0 spiro atoms. The third-order valence-corrected chi connectivity index (χ3v) is 26.1. The Hall–Kier alpha value is 0.131. The first-order valence-electron chi connectivity index (χ1n) is 10.6. The van der Waals surface area contributed by atoms with Gasteiger partial charge in [0.25, 0.3) is 0 Å². The molecule has 0 saturated carbocycles. The maximum Gasteiger partial charge on any atom is 0.0853 e. The second-order valence-electron chi connectivity index (χ2n) is 13.3. The van der Waals surface area contributed by atoms with Crippen molar-refractivity contribution in [1.82, 2.24) is 0 Å². The van der Waals surface area contributed by atoms with Gasteiger partial charge in [-0.3, -0.25) is 0 Å². The molecule has 1 rings (SSSR count). The molecule has 1 aliphatic rings. The molecular formula is C23H48Si3. The Morgan fingerprint density at radius 2 is 0.923 bits per heavy atom. The highest BCUT2D eigenvalue weighted by molar-refractivity contribution is 6.98. The Labute approximate surface area is 169 Å². The number of allylic oxidation sites excluding steroid dienone is 4. The van der Waals surface area contributed by atoms with Gasteiger partial charge in [-0.15, -0.1) is 0 Å². The summed E-state index contributed by atoms with van der Waals surface area (Å²) in [6.07, 6.45) is 3.93. The normalized spacial score (nSPS) is 18.5. The van der Waals surface area contributed by atoms with Crippen LogP contribution in [-0.4, -0.2) is 24.2 Å². The highest BCUT2D eigenvalue weighted by Gasteiger charge is 2.52. The number of hydrogen-bond donors (Lipinski definition) is 0. The predicted molar refractivity (Wildman–Crippen MR) is 131 cm³/mol. The molecule has 0 fully saturated rings. The smallest absolute Gasteiger partial charge is 0.0817 e. The number of hydrogen-bond acceptors (Lipinski definition) is 0. The average Bonchev–Trinajstić information content (AvgIpc) is 2.80. The van der Waals surface area contributed by atoms with Gasteiger partial charge in [-0.05, 0) is 21.5 Å². The van der Waals surface area contributed by atoms with Gasteiger partial charge in [0.05, 0.1) is 24.2 Å². The SMILES string of the molecule is CC(C)(C)[Si](C)(C)C1=CCC([Si](C)(C)C(C)(C)C)=C1[Si](C)(C)C(C)(C)C. The predicted octanol–water partition coefficient (Wildman–Crippen LogP) is 8.76. The van der Waals surface area contributed by atoms with E-state index in [9.17, 15) is 0 Å². The third kappa shape index (κ3) is 3.82. The number of rotatable bonds is 3. The van der Waals surface area contributed by atoms with Crippen LogP contribution in [0.25, 0.3) is 0 Å². The Morgan fingerprint density at radius 3 is 1.23 bits per heavy atom. The van der Waals surface area contributed by atoms with Gasteiger partial charge in [-0.2, -0.15) is 0 Å². The van der Waals surface area contributed by atoms with Gasteiger partial charge in [0.1, 0.15) is 0 Å². The lowest BCUT2D eigenvalue weighted by atomic mass is 10.2. The summed E-state index contributed by atoms with van der Waals surface area (Å²) in [7, 11) is -4.66. The Kier molecular flexibility index (Phi) is 6.12.